The van der Waals surface area contributed by atoms with Gasteiger partial charge in [0.2, 0.25) is 0 Å². The van der Waals surface area contributed by atoms with Crippen LogP contribution >= 0.6 is 11.6 Å². The van der Waals surface area contributed by atoms with Gasteiger partial charge in [-0.1, -0.05) is 16.8 Å². The Morgan fingerprint density at radius 1 is 1.58 bits per heavy atom. The monoisotopic (exact) mass is 285 g/mol. The maximum absolute atomic E-state index is 13.6. The number of nitrogens with one attached hydrogen (secondary N) is 1. The molecule has 19 heavy (non-hydrogen) atoms. The summed E-state index contributed by atoms with van der Waals surface area (Å²) in [5.41, 5.74) is 5.39. The van der Waals surface area contributed by atoms with E-state index in [1.165, 1.54) is 12.1 Å². The van der Waals surface area contributed by atoms with Crippen LogP contribution in [0, 0.1) is 11.7 Å². The summed E-state index contributed by atoms with van der Waals surface area (Å²) in [6, 6.07) is 3.21. The molecular formula is C12H13ClFN3O2. The lowest BCUT2D eigenvalue weighted by Crippen LogP contribution is -2.46. The normalized spacial score (nSPS) is 17.1. The van der Waals surface area contributed by atoms with Crippen molar-refractivity contribution >= 4 is 23.3 Å². The molecule has 7 heteroatoms. The van der Waals surface area contributed by atoms with E-state index < -0.39 is 17.8 Å². The molecule has 5 nitrogen and oxygen atoms in total. The number of carbonyl (C=O) groups is 1. The first kappa shape index (κ1) is 13.6. The van der Waals surface area contributed by atoms with Crippen LogP contribution in [0.15, 0.2) is 23.4 Å². The molecule has 1 aromatic rings. The van der Waals surface area contributed by atoms with E-state index in [1.54, 1.807) is 0 Å². The van der Waals surface area contributed by atoms with E-state index in [2.05, 4.69) is 10.5 Å². The van der Waals surface area contributed by atoms with Crippen LogP contribution < -0.4 is 11.1 Å². The van der Waals surface area contributed by atoms with Gasteiger partial charge in [0.25, 0.3) is 5.91 Å². The Labute approximate surface area is 114 Å². The summed E-state index contributed by atoms with van der Waals surface area (Å²) in [4.78, 5) is 12.0. The highest BCUT2D eigenvalue weighted by Crippen LogP contribution is 2.33. The van der Waals surface area contributed by atoms with Gasteiger partial charge in [0.05, 0.1) is 11.6 Å². The van der Waals surface area contributed by atoms with E-state index in [4.69, 9.17) is 22.5 Å². The molecule has 1 fully saturated rings. The third kappa shape index (κ3) is 3.14. The first-order chi connectivity index (χ1) is 9.02. The van der Waals surface area contributed by atoms with E-state index in [0.29, 0.717) is 0 Å². The Bertz CT molecular complexity index is 532. The van der Waals surface area contributed by atoms with Gasteiger partial charge in [-0.25, -0.2) is 4.39 Å². The van der Waals surface area contributed by atoms with E-state index in [0.717, 1.165) is 18.9 Å². The Morgan fingerprint density at radius 2 is 2.26 bits per heavy atom. The van der Waals surface area contributed by atoms with Gasteiger partial charge in [-0.15, -0.1) is 0 Å². The van der Waals surface area contributed by atoms with Crippen LogP contribution in [0.25, 0.3) is 0 Å². The standard InChI is InChI=1S/C12H13ClFN3O2/c13-7-3-4-8(9(14)5-7)12(18)16-10(6-1-2-6)11(15)17-19/h3-6,10,19H,1-2H2,(H2,15,17)(H,16,18). The second-order valence-electron chi connectivity index (χ2n) is 4.44. The maximum atomic E-state index is 13.6. The molecule has 0 bridgehead atoms. The highest BCUT2D eigenvalue weighted by Gasteiger charge is 2.35. The minimum atomic E-state index is -0.709. The zero-order valence-electron chi connectivity index (χ0n) is 9.94. The number of nitrogens with zero attached hydrogens (tertiary/aromatic N) is 1. The largest absolute Gasteiger partial charge is 0.409 e. The number of amides is 1. The fourth-order valence-electron chi connectivity index (χ4n) is 1.82. The SMILES string of the molecule is NC(=NO)C(NC(=O)c1ccc(Cl)cc1F)C1CC1. The van der Waals surface area contributed by atoms with Gasteiger partial charge in [-0.3, -0.25) is 4.79 Å². The zero-order valence-corrected chi connectivity index (χ0v) is 10.7. The molecule has 1 aliphatic carbocycles. The minimum Gasteiger partial charge on any atom is -0.409 e. The third-order valence-corrected chi connectivity index (χ3v) is 3.22. The number of nitrogens with two attached hydrogens (primary N) is 1. The van der Waals surface area contributed by atoms with Gasteiger partial charge in [0.15, 0.2) is 5.84 Å². The first-order valence-electron chi connectivity index (χ1n) is 5.76. The van der Waals surface area contributed by atoms with E-state index in [-0.39, 0.29) is 22.3 Å². The van der Waals surface area contributed by atoms with Crippen molar-refractivity contribution in [1.29, 1.82) is 0 Å². The highest BCUT2D eigenvalue weighted by molar-refractivity contribution is 6.30. The number of oxime groups is 1. The fraction of sp³-hybridized carbons (Fsp3) is 0.333. The molecule has 1 unspecified atom stereocenters. The summed E-state index contributed by atoms with van der Waals surface area (Å²) < 4.78 is 13.6. The van der Waals surface area contributed by atoms with Crippen molar-refractivity contribution in [3.8, 4) is 0 Å². The number of halogens is 2. The van der Waals surface area contributed by atoms with Gasteiger partial charge < -0.3 is 16.3 Å². The minimum absolute atomic E-state index is 0.0785. The summed E-state index contributed by atoms with van der Waals surface area (Å²) in [5.74, 6) is -1.27. The van der Waals surface area contributed by atoms with Crippen molar-refractivity contribution in [3.05, 3.63) is 34.6 Å². The quantitative estimate of drug-likeness (QED) is 0.341. The van der Waals surface area contributed by atoms with Crippen LogP contribution in [-0.4, -0.2) is 23.0 Å². The topological polar surface area (TPSA) is 87.7 Å². The van der Waals surface area contributed by atoms with E-state index in [1.807, 2.05) is 0 Å². The molecule has 1 atom stereocenters. The van der Waals surface area contributed by atoms with Crippen molar-refractivity contribution in [1.82, 2.24) is 5.32 Å². The maximum Gasteiger partial charge on any atom is 0.254 e. The Hall–Kier alpha value is -1.82. The van der Waals surface area contributed by atoms with Crippen molar-refractivity contribution in [2.45, 2.75) is 18.9 Å². The molecule has 1 aromatic carbocycles. The second kappa shape index (κ2) is 5.44. The van der Waals surface area contributed by atoms with Crippen molar-refractivity contribution in [3.63, 3.8) is 0 Å². The molecule has 0 heterocycles. The Morgan fingerprint density at radius 3 is 2.79 bits per heavy atom. The third-order valence-electron chi connectivity index (χ3n) is 2.99. The molecule has 2 rings (SSSR count). The van der Waals surface area contributed by atoms with E-state index >= 15 is 0 Å². The number of rotatable bonds is 4. The van der Waals surface area contributed by atoms with Crippen LogP contribution in [0.1, 0.15) is 23.2 Å². The van der Waals surface area contributed by atoms with Crippen molar-refractivity contribution < 1.29 is 14.4 Å². The first-order valence-corrected chi connectivity index (χ1v) is 6.14. The van der Waals surface area contributed by atoms with Crippen LogP contribution in [0.3, 0.4) is 0 Å². The highest BCUT2D eigenvalue weighted by atomic mass is 35.5. The average molecular weight is 286 g/mol. The average Bonchev–Trinajstić information content (AvgIpc) is 3.19. The predicted octanol–water partition coefficient (Wildman–Crippen LogP) is 1.73. The fourth-order valence-corrected chi connectivity index (χ4v) is 1.98. The summed E-state index contributed by atoms with van der Waals surface area (Å²) >= 11 is 5.62. The van der Waals surface area contributed by atoms with E-state index in [9.17, 15) is 9.18 Å². The predicted molar refractivity (Wildman–Crippen MR) is 68.8 cm³/mol. The molecule has 1 amide bonds. The van der Waals surface area contributed by atoms with Gasteiger partial charge in [-0.2, -0.15) is 0 Å². The lowest BCUT2D eigenvalue weighted by Gasteiger charge is -2.16. The van der Waals surface area contributed by atoms with Crippen LogP contribution in [0.5, 0.6) is 0 Å². The van der Waals surface area contributed by atoms with Crippen molar-refractivity contribution in [2.75, 3.05) is 0 Å². The lowest BCUT2D eigenvalue weighted by molar-refractivity contribution is 0.0939. The molecule has 1 aliphatic rings. The Balaban J connectivity index is 2.15. The summed E-state index contributed by atoms with van der Waals surface area (Å²) in [6.07, 6.45) is 1.76. The molecule has 0 radical (unpaired) electrons. The van der Waals surface area contributed by atoms with Gasteiger partial charge in [0, 0.05) is 5.02 Å². The van der Waals surface area contributed by atoms with Crippen molar-refractivity contribution in [2.24, 2.45) is 16.8 Å². The second-order valence-corrected chi connectivity index (χ2v) is 4.87. The molecule has 102 valence electrons. The smallest absolute Gasteiger partial charge is 0.254 e. The molecule has 0 spiro atoms. The number of hydrogen-bond acceptors (Lipinski definition) is 3. The van der Waals surface area contributed by atoms with Gasteiger partial charge >= 0.3 is 0 Å². The van der Waals surface area contributed by atoms with Crippen LogP contribution in [0.4, 0.5) is 4.39 Å². The molecule has 1 saturated carbocycles. The van der Waals surface area contributed by atoms with Crippen LogP contribution in [0.2, 0.25) is 5.02 Å². The number of carbonyl (C=O) groups excluding carboxylic acids is 1. The summed E-state index contributed by atoms with van der Waals surface area (Å²) in [5, 5.41) is 14.4. The molecule has 0 aromatic heterocycles. The van der Waals surface area contributed by atoms with Gasteiger partial charge in [0.1, 0.15) is 5.82 Å². The van der Waals surface area contributed by atoms with Gasteiger partial charge in [-0.05, 0) is 37.0 Å². The molecule has 4 N–H and O–H groups in total. The number of amidine groups is 1. The number of benzene rings is 1. The molecular weight excluding hydrogens is 273 g/mol. The Kier molecular flexibility index (Phi) is 3.90. The molecule has 0 aliphatic heterocycles. The zero-order chi connectivity index (χ0) is 14.0. The lowest BCUT2D eigenvalue weighted by atomic mass is 10.1. The van der Waals surface area contributed by atoms with Crippen LogP contribution in [-0.2, 0) is 0 Å². The molecule has 0 saturated heterocycles. The number of hydrogen-bond donors (Lipinski definition) is 3. The summed E-state index contributed by atoms with van der Waals surface area (Å²) in [6.45, 7) is 0. The summed E-state index contributed by atoms with van der Waals surface area (Å²) in [7, 11) is 0.